The lowest BCUT2D eigenvalue weighted by atomic mass is 10.0. The van der Waals surface area contributed by atoms with Gasteiger partial charge in [0.25, 0.3) is 0 Å². The standard InChI is InChI=1S/C25H22OP2/c1-26-22-16-10-18-24(25(22)21-15-8-9-17-23(21)27)28(19-11-4-2-5-12-19)20-13-6-3-7-14-20/h2-18H,27H2,1H3/p+1. The zero-order valence-corrected chi connectivity index (χ0v) is 18.2. The van der Waals surface area contributed by atoms with Crippen molar-refractivity contribution in [2.45, 2.75) is 0 Å². The van der Waals surface area contributed by atoms with Crippen LogP contribution < -0.4 is 26.0 Å². The molecule has 0 fully saturated rings. The second-order valence-corrected chi connectivity index (χ2v) is 9.47. The van der Waals surface area contributed by atoms with Crippen LogP contribution in [-0.2, 0) is 0 Å². The second-order valence-electron chi connectivity index (χ2n) is 6.52. The van der Waals surface area contributed by atoms with E-state index in [9.17, 15) is 0 Å². The van der Waals surface area contributed by atoms with Crippen molar-refractivity contribution in [2.75, 3.05) is 7.11 Å². The summed E-state index contributed by atoms with van der Waals surface area (Å²) in [7, 11) is 2.99. The summed E-state index contributed by atoms with van der Waals surface area (Å²) in [5.41, 5.74) is 2.45. The lowest BCUT2D eigenvalue weighted by Gasteiger charge is -2.24. The first-order chi connectivity index (χ1) is 13.8. The van der Waals surface area contributed by atoms with Crippen LogP contribution in [0.2, 0.25) is 0 Å². The number of rotatable bonds is 5. The molecule has 0 aliphatic heterocycles. The van der Waals surface area contributed by atoms with Crippen molar-refractivity contribution < 1.29 is 4.74 Å². The molecule has 0 saturated carbocycles. The summed E-state index contributed by atoms with van der Waals surface area (Å²) in [5, 5.41) is 5.29. The van der Waals surface area contributed by atoms with Gasteiger partial charge in [-0.15, -0.1) is 0 Å². The first-order valence-electron chi connectivity index (χ1n) is 9.28. The molecule has 0 saturated heterocycles. The highest BCUT2D eigenvalue weighted by molar-refractivity contribution is 7.80. The summed E-state index contributed by atoms with van der Waals surface area (Å²) in [5.74, 6) is 0.927. The molecule has 0 N–H and O–H groups in total. The van der Waals surface area contributed by atoms with Gasteiger partial charge in [-0.2, -0.15) is 0 Å². The van der Waals surface area contributed by atoms with E-state index in [0.717, 1.165) is 5.75 Å². The molecule has 0 radical (unpaired) electrons. The fraction of sp³-hybridized carbons (Fsp3) is 0.0400. The Hall–Kier alpha value is -2.46. The molecule has 0 bridgehead atoms. The Morgan fingerprint density at radius 1 is 0.643 bits per heavy atom. The first-order valence-corrected chi connectivity index (χ1v) is 11.3. The molecule has 4 rings (SSSR count). The van der Waals surface area contributed by atoms with Gasteiger partial charge >= 0.3 is 0 Å². The topological polar surface area (TPSA) is 9.23 Å². The van der Waals surface area contributed by atoms with E-state index in [-0.39, 0.29) is 0 Å². The van der Waals surface area contributed by atoms with Crippen molar-refractivity contribution >= 4 is 38.4 Å². The Morgan fingerprint density at radius 2 is 1.21 bits per heavy atom. The smallest absolute Gasteiger partial charge is 0.127 e. The van der Waals surface area contributed by atoms with Crippen molar-refractivity contribution in [1.82, 2.24) is 0 Å². The lowest BCUT2D eigenvalue weighted by Crippen LogP contribution is -2.23. The van der Waals surface area contributed by atoms with Crippen molar-refractivity contribution in [3.05, 3.63) is 103 Å². The van der Waals surface area contributed by atoms with Crippen LogP contribution in [0.25, 0.3) is 11.1 Å². The highest BCUT2D eigenvalue weighted by atomic mass is 31.1. The van der Waals surface area contributed by atoms with E-state index < -0.39 is 7.92 Å². The maximum absolute atomic E-state index is 5.83. The van der Waals surface area contributed by atoms with Crippen LogP contribution in [0, 0.1) is 0 Å². The number of methoxy groups -OCH3 is 1. The van der Waals surface area contributed by atoms with Crippen molar-refractivity contribution in [3.8, 4) is 16.9 Å². The van der Waals surface area contributed by atoms with E-state index in [0.29, 0.717) is 0 Å². The lowest BCUT2D eigenvalue weighted by molar-refractivity contribution is 0.417. The van der Waals surface area contributed by atoms with Gasteiger partial charge in [0.1, 0.15) is 5.75 Å². The van der Waals surface area contributed by atoms with Gasteiger partial charge in [0.2, 0.25) is 0 Å². The zero-order chi connectivity index (χ0) is 19.3. The van der Waals surface area contributed by atoms with Crippen molar-refractivity contribution in [2.24, 2.45) is 0 Å². The third-order valence-corrected chi connectivity index (χ3v) is 7.88. The van der Waals surface area contributed by atoms with Crippen LogP contribution in [0.15, 0.2) is 103 Å². The van der Waals surface area contributed by atoms with E-state index in [2.05, 4.69) is 103 Å². The summed E-state index contributed by atoms with van der Waals surface area (Å²) in [6, 6.07) is 36.6. The van der Waals surface area contributed by atoms with E-state index in [1.807, 2.05) is 9.24 Å². The molecule has 0 heterocycles. The quantitative estimate of drug-likeness (QED) is 0.452. The second kappa shape index (κ2) is 8.70. The summed E-state index contributed by atoms with van der Waals surface area (Å²) >= 11 is 0. The van der Waals surface area contributed by atoms with Crippen molar-refractivity contribution in [1.29, 1.82) is 0 Å². The molecule has 0 spiro atoms. The third kappa shape index (κ3) is 3.74. The molecule has 1 atom stereocenters. The largest absolute Gasteiger partial charge is 0.496 e. The fourth-order valence-corrected chi connectivity index (χ4v) is 6.41. The van der Waals surface area contributed by atoms with E-state index in [1.54, 1.807) is 7.11 Å². The molecule has 138 valence electrons. The normalized spacial score (nSPS) is 10.9. The third-order valence-electron chi connectivity index (χ3n) is 4.78. The van der Waals surface area contributed by atoms with Gasteiger partial charge in [-0.3, -0.25) is 0 Å². The molecule has 28 heavy (non-hydrogen) atoms. The molecule has 0 aliphatic carbocycles. The van der Waals surface area contributed by atoms with Gasteiger partial charge in [-0.25, -0.2) is 0 Å². The fourth-order valence-electron chi connectivity index (χ4n) is 3.49. The Bertz CT molecular complexity index is 1020. The molecule has 0 aromatic heterocycles. The van der Waals surface area contributed by atoms with Crippen molar-refractivity contribution in [3.63, 3.8) is 0 Å². The summed E-state index contributed by atoms with van der Waals surface area (Å²) < 4.78 is 5.83. The average Bonchev–Trinajstić information content (AvgIpc) is 2.76. The minimum Gasteiger partial charge on any atom is -0.496 e. The van der Waals surface area contributed by atoms with Crippen LogP contribution >= 0.6 is 17.2 Å². The number of hydrogen-bond donors (Lipinski definition) is 0. The minimum atomic E-state index is -0.702. The number of hydrogen-bond acceptors (Lipinski definition) is 1. The monoisotopic (exact) mass is 401 g/mol. The molecular formula is C25H23OP2+. The highest BCUT2D eigenvalue weighted by Crippen LogP contribution is 2.40. The highest BCUT2D eigenvalue weighted by Gasteiger charge is 2.23. The molecule has 1 unspecified atom stereocenters. The first kappa shape index (κ1) is 18.9. The van der Waals surface area contributed by atoms with Crippen LogP contribution in [0.3, 0.4) is 0 Å². The predicted molar refractivity (Wildman–Crippen MR) is 128 cm³/mol. The molecule has 0 amide bonds. The Morgan fingerprint density at radius 3 is 1.79 bits per heavy atom. The Kier molecular flexibility index (Phi) is 5.87. The zero-order valence-electron chi connectivity index (χ0n) is 15.9. The van der Waals surface area contributed by atoms with Gasteiger partial charge in [0.05, 0.1) is 12.4 Å². The van der Waals surface area contributed by atoms with Crippen LogP contribution in [0.1, 0.15) is 0 Å². The SMILES string of the molecule is COc1cccc(P(c2ccccc2)c2ccccc2)c1-c1ccccc1[PH3+]. The minimum absolute atomic E-state index is 0.702. The van der Waals surface area contributed by atoms with Gasteiger partial charge < -0.3 is 4.74 Å². The van der Waals surface area contributed by atoms with E-state index in [1.165, 1.54) is 32.3 Å². The van der Waals surface area contributed by atoms with Gasteiger partial charge in [-0.1, -0.05) is 91.0 Å². The number of benzene rings is 4. The molecule has 4 aromatic rings. The summed E-state index contributed by atoms with van der Waals surface area (Å²) in [6.07, 6.45) is 0. The maximum atomic E-state index is 5.83. The summed E-state index contributed by atoms with van der Waals surface area (Å²) in [4.78, 5) is 0. The average molecular weight is 401 g/mol. The van der Waals surface area contributed by atoms with Crippen LogP contribution in [0.5, 0.6) is 5.75 Å². The molecule has 3 heteroatoms. The van der Waals surface area contributed by atoms with Gasteiger partial charge in [-0.05, 0) is 36.0 Å². The summed E-state index contributed by atoms with van der Waals surface area (Å²) in [6.45, 7) is 0. The molecule has 4 aromatic carbocycles. The Balaban J connectivity index is 2.02. The number of ether oxygens (including phenoxy) is 1. The molecular weight excluding hydrogens is 378 g/mol. The van der Waals surface area contributed by atoms with Crippen LogP contribution in [-0.4, -0.2) is 7.11 Å². The van der Waals surface area contributed by atoms with Gasteiger partial charge in [0.15, 0.2) is 0 Å². The molecule has 0 aliphatic rings. The van der Waals surface area contributed by atoms with Gasteiger partial charge in [0, 0.05) is 20.4 Å². The molecule has 1 nitrogen and oxygen atoms in total. The Labute approximate surface area is 170 Å². The maximum Gasteiger partial charge on any atom is 0.127 e. The van der Waals surface area contributed by atoms with Crippen LogP contribution in [0.4, 0.5) is 0 Å². The van der Waals surface area contributed by atoms with E-state index >= 15 is 0 Å². The van der Waals surface area contributed by atoms with E-state index in [4.69, 9.17) is 4.74 Å². The predicted octanol–water partition coefficient (Wildman–Crippen LogP) is 4.35.